The fourth-order valence-electron chi connectivity index (χ4n) is 5.04. The average molecular weight is 281 g/mol. The maximum absolute atomic E-state index is 12.1. The number of rotatable bonds is 6. The predicted octanol–water partition coefficient (Wildman–Crippen LogP) is 0.233. The fourth-order valence-corrected chi connectivity index (χ4v) is 5.04. The van der Waals surface area contributed by atoms with Gasteiger partial charge in [0.05, 0.1) is 20.7 Å². The number of nitrogens with one attached hydrogen (secondary N) is 2. The summed E-state index contributed by atoms with van der Waals surface area (Å²) >= 11 is 0. The molecule has 4 aliphatic rings. The Labute approximate surface area is 122 Å². The van der Waals surface area contributed by atoms with Crippen molar-refractivity contribution in [2.24, 2.45) is 17.8 Å². The Morgan fingerprint density at radius 1 is 1.15 bits per heavy atom. The van der Waals surface area contributed by atoms with Gasteiger partial charge in [0.15, 0.2) is 0 Å². The molecular weight excluding hydrogens is 252 g/mol. The van der Waals surface area contributed by atoms with Gasteiger partial charge in [-0.25, -0.2) is 0 Å². The van der Waals surface area contributed by atoms with Crippen molar-refractivity contribution in [3.8, 4) is 0 Å². The zero-order chi connectivity index (χ0) is 14.2. The molecule has 0 spiro atoms. The van der Waals surface area contributed by atoms with Gasteiger partial charge < -0.3 is 15.0 Å². The van der Waals surface area contributed by atoms with Gasteiger partial charge in [0, 0.05) is 5.54 Å². The Kier molecular flexibility index (Phi) is 4.04. The van der Waals surface area contributed by atoms with Gasteiger partial charge in [0.25, 0.3) is 0 Å². The monoisotopic (exact) mass is 281 g/mol. The maximum Gasteiger partial charge on any atom is 0.246 e. The third-order valence-electron chi connectivity index (χ3n) is 5.42. The van der Waals surface area contributed by atoms with Crippen LogP contribution in [0.1, 0.15) is 38.5 Å². The van der Waals surface area contributed by atoms with Gasteiger partial charge in [-0.05, 0) is 56.3 Å². The van der Waals surface area contributed by atoms with Crippen LogP contribution < -0.4 is 10.2 Å². The lowest BCUT2D eigenvalue weighted by Gasteiger charge is -2.56. The van der Waals surface area contributed by atoms with E-state index in [4.69, 9.17) is 4.74 Å². The van der Waals surface area contributed by atoms with Gasteiger partial charge in [-0.2, -0.15) is 0 Å². The summed E-state index contributed by atoms with van der Waals surface area (Å²) in [4.78, 5) is 13.5. The highest BCUT2D eigenvalue weighted by atomic mass is 16.5. The summed E-state index contributed by atoms with van der Waals surface area (Å²) in [5.74, 6) is 2.72. The summed E-state index contributed by atoms with van der Waals surface area (Å²) in [5, 5.41) is 3.34. The lowest BCUT2D eigenvalue weighted by atomic mass is 9.53. The highest BCUT2D eigenvalue weighted by Crippen LogP contribution is 2.55. The molecule has 4 saturated carbocycles. The summed E-state index contributed by atoms with van der Waals surface area (Å²) in [7, 11) is 4.19. The number of likely N-dealkylation sites (N-methyl/N-ethyl adjacent to an activating group) is 1. The summed E-state index contributed by atoms with van der Waals surface area (Å²) in [6.07, 6.45) is 7.89. The summed E-state index contributed by atoms with van der Waals surface area (Å²) < 4.78 is 5.49. The molecule has 114 valence electrons. The lowest BCUT2D eigenvalue weighted by molar-refractivity contribution is -0.858. The Morgan fingerprint density at radius 2 is 1.70 bits per heavy atom. The van der Waals surface area contributed by atoms with Crippen LogP contribution in [0.15, 0.2) is 0 Å². The van der Waals surface area contributed by atoms with Crippen LogP contribution in [0.3, 0.4) is 0 Å². The van der Waals surface area contributed by atoms with Crippen molar-refractivity contribution in [2.45, 2.75) is 44.1 Å². The smallest absolute Gasteiger partial charge is 0.246 e. The molecule has 4 aliphatic carbocycles. The van der Waals surface area contributed by atoms with Crippen LogP contribution in [-0.4, -0.2) is 45.3 Å². The summed E-state index contributed by atoms with van der Waals surface area (Å²) in [6.45, 7) is 1.84. The van der Waals surface area contributed by atoms with E-state index in [1.165, 1.54) is 43.4 Å². The van der Waals surface area contributed by atoms with E-state index in [0.717, 1.165) is 24.3 Å². The molecule has 0 aromatic heterocycles. The van der Waals surface area contributed by atoms with Crippen LogP contribution in [0, 0.1) is 17.8 Å². The quantitative estimate of drug-likeness (QED) is 0.685. The van der Waals surface area contributed by atoms with E-state index in [0.29, 0.717) is 6.61 Å². The van der Waals surface area contributed by atoms with Gasteiger partial charge >= 0.3 is 0 Å². The van der Waals surface area contributed by atoms with E-state index in [-0.39, 0.29) is 18.1 Å². The second-order valence-corrected chi connectivity index (χ2v) is 7.76. The third-order valence-corrected chi connectivity index (χ3v) is 5.42. The van der Waals surface area contributed by atoms with E-state index in [2.05, 4.69) is 19.4 Å². The van der Waals surface area contributed by atoms with Gasteiger partial charge in [0.1, 0.15) is 13.2 Å². The van der Waals surface area contributed by atoms with E-state index in [9.17, 15) is 4.79 Å². The SMILES string of the molecule is C[NH+](C)CCOCC(=O)NC12CC3CC(CC(C3)C1)C2. The molecule has 20 heavy (non-hydrogen) atoms. The molecule has 0 heterocycles. The first kappa shape index (κ1) is 14.3. The van der Waals surface area contributed by atoms with Crippen LogP contribution in [-0.2, 0) is 9.53 Å². The van der Waals surface area contributed by atoms with Crippen molar-refractivity contribution in [3.05, 3.63) is 0 Å². The summed E-state index contributed by atoms with van der Waals surface area (Å²) in [6, 6.07) is 0. The van der Waals surface area contributed by atoms with Crippen molar-refractivity contribution in [2.75, 3.05) is 33.9 Å². The largest absolute Gasteiger partial charge is 0.366 e. The van der Waals surface area contributed by atoms with Crippen LogP contribution in [0.2, 0.25) is 0 Å². The van der Waals surface area contributed by atoms with Gasteiger partial charge in [0.2, 0.25) is 5.91 Å². The topological polar surface area (TPSA) is 42.8 Å². The zero-order valence-corrected chi connectivity index (χ0v) is 12.9. The highest BCUT2D eigenvalue weighted by molar-refractivity contribution is 5.78. The Hall–Kier alpha value is -0.610. The number of carbonyl (C=O) groups excluding carboxylic acids is 1. The number of hydrogen-bond acceptors (Lipinski definition) is 2. The van der Waals surface area contributed by atoms with Crippen molar-refractivity contribution < 1.29 is 14.4 Å². The second kappa shape index (κ2) is 5.64. The van der Waals surface area contributed by atoms with Crippen LogP contribution in [0.5, 0.6) is 0 Å². The van der Waals surface area contributed by atoms with Crippen LogP contribution >= 0.6 is 0 Å². The van der Waals surface area contributed by atoms with E-state index < -0.39 is 0 Å². The number of hydrogen-bond donors (Lipinski definition) is 2. The molecular formula is C16H29N2O2+. The Morgan fingerprint density at radius 3 is 2.20 bits per heavy atom. The molecule has 1 amide bonds. The molecule has 4 heteroatoms. The van der Waals surface area contributed by atoms with Crippen molar-refractivity contribution in [1.82, 2.24) is 5.32 Å². The first-order valence-electron chi connectivity index (χ1n) is 8.22. The Bertz CT molecular complexity index is 332. The minimum Gasteiger partial charge on any atom is -0.366 e. The number of carbonyl (C=O) groups is 1. The molecule has 4 fully saturated rings. The molecule has 2 N–H and O–H groups in total. The molecule has 0 atom stereocenters. The van der Waals surface area contributed by atoms with Crippen LogP contribution in [0.25, 0.3) is 0 Å². The predicted molar refractivity (Wildman–Crippen MR) is 77.5 cm³/mol. The molecule has 0 aromatic carbocycles. The lowest BCUT2D eigenvalue weighted by Crippen LogP contribution is -3.06. The molecule has 0 saturated heterocycles. The third kappa shape index (κ3) is 3.17. The minimum absolute atomic E-state index is 0.0979. The minimum atomic E-state index is 0.0979. The first-order chi connectivity index (χ1) is 9.55. The standard InChI is InChI=1S/C16H28N2O2/c1-18(2)3-4-20-11-15(19)17-16-8-12-5-13(9-16)7-14(6-12)10-16/h12-14H,3-11H2,1-2H3,(H,17,19)/p+1. The van der Waals surface area contributed by atoms with Crippen molar-refractivity contribution >= 4 is 5.91 Å². The van der Waals surface area contributed by atoms with E-state index >= 15 is 0 Å². The molecule has 0 aliphatic heterocycles. The highest BCUT2D eigenvalue weighted by Gasteiger charge is 2.51. The second-order valence-electron chi connectivity index (χ2n) is 7.76. The molecule has 4 bridgehead atoms. The summed E-state index contributed by atoms with van der Waals surface area (Å²) in [5.41, 5.74) is 0.127. The molecule has 0 aromatic rings. The van der Waals surface area contributed by atoms with E-state index in [1.54, 1.807) is 0 Å². The van der Waals surface area contributed by atoms with E-state index in [1.807, 2.05) is 0 Å². The molecule has 0 unspecified atom stereocenters. The van der Waals surface area contributed by atoms with Crippen molar-refractivity contribution in [1.29, 1.82) is 0 Å². The molecule has 4 nitrogen and oxygen atoms in total. The number of ether oxygens (including phenoxy) is 1. The van der Waals surface area contributed by atoms with Crippen molar-refractivity contribution in [3.63, 3.8) is 0 Å². The zero-order valence-electron chi connectivity index (χ0n) is 12.9. The Balaban J connectivity index is 1.46. The normalized spacial score (nSPS) is 38.5. The first-order valence-corrected chi connectivity index (χ1v) is 8.22. The van der Waals surface area contributed by atoms with Crippen LogP contribution in [0.4, 0.5) is 0 Å². The average Bonchev–Trinajstić information content (AvgIpc) is 2.32. The number of amides is 1. The van der Waals surface area contributed by atoms with Gasteiger partial charge in [-0.15, -0.1) is 0 Å². The van der Waals surface area contributed by atoms with Gasteiger partial charge in [-0.1, -0.05) is 0 Å². The van der Waals surface area contributed by atoms with Gasteiger partial charge in [-0.3, -0.25) is 4.79 Å². The number of quaternary nitrogens is 1. The molecule has 0 radical (unpaired) electrons. The fraction of sp³-hybridized carbons (Fsp3) is 0.938. The molecule has 4 rings (SSSR count). The maximum atomic E-state index is 12.1.